The summed E-state index contributed by atoms with van der Waals surface area (Å²) >= 11 is 5.09. The van der Waals surface area contributed by atoms with Gasteiger partial charge in [-0.2, -0.15) is 0 Å². The summed E-state index contributed by atoms with van der Waals surface area (Å²) < 4.78 is 5.57. The molecular formula is C16H24N2O2S. The summed E-state index contributed by atoms with van der Waals surface area (Å²) in [5, 5.41) is 2.88. The number of nitrogens with one attached hydrogen (secondary N) is 1. The lowest BCUT2D eigenvalue weighted by Crippen LogP contribution is -2.45. The number of nitrogens with two attached hydrogens (primary N) is 1. The van der Waals surface area contributed by atoms with Crippen LogP contribution in [-0.2, 0) is 4.79 Å². The lowest BCUT2D eigenvalue weighted by atomic mass is 9.81. The zero-order valence-electron chi connectivity index (χ0n) is 13.1. The summed E-state index contributed by atoms with van der Waals surface area (Å²) in [5.74, 6) is 0.618. The van der Waals surface area contributed by atoms with Crippen molar-refractivity contribution in [1.82, 2.24) is 0 Å². The minimum absolute atomic E-state index is 0.118. The van der Waals surface area contributed by atoms with E-state index in [4.69, 9.17) is 22.7 Å². The molecule has 0 aliphatic heterocycles. The monoisotopic (exact) mass is 308 g/mol. The number of carbonyl (C=O) groups is 1. The first-order valence-electron chi connectivity index (χ1n) is 7.23. The van der Waals surface area contributed by atoms with Gasteiger partial charge in [0, 0.05) is 5.69 Å². The van der Waals surface area contributed by atoms with E-state index in [-0.39, 0.29) is 17.0 Å². The van der Waals surface area contributed by atoms with E-state index in [2.05, 4.69) is 5.32 Å². The number of benzene rings is 1. The third-order valence-electron chi connectivity index (χ3n) is 3.60. The number of thiocarbonyl (C=S) groups is 1. The van der Waals surface area contributed by atoms with Crippen molar-refractivity contribution in [1.29, 1.82) is 0 Å². The van der Waals surface area contributed by atoms with Crippen LogP contribution in [0.15, 0.2) is 24.3 Å². The maximum Gasteiger partial charge on any atom is 0.237 e. The molecule has 0 heterocycles. The highest BCUT2D eigenvalue weighted by atomic mass is 32.1. The predicted molar refractivity (Wildman–Crippen MR) is 90.6 cm³/mol. The molecule has 1 aromatic rings. The molecule has 0 fully saturated rings. The van der Waals surface area contributed by atoms with Crippen molar-refractivity contribution < 1.29 is 9.53 Å². The Kier molecular flexibility index (Phi) is 6.15. The Bertz CT molecular complexity index is 494. The van der Waals surface area contributed by atoms with Crippen LogP contribution in [0, 0.1) is 5.41 Å². The van der Waals surface area contributed by atoms with Crippen LogP contribution in [0.4, 0.5) is 5.69 Å². The highest BCUT2D eigenvalue weighted by Gasteiger charge is 2.38. The Labute approximate surface area is 132 Å². The molecule has 0 aromatic heterocycles. The Balaban J connectivity index is 2.85. The van der Waals surface area contributed by atoms with E-state index >= 15 is 0 Å². The number of ether oxygens (including phenoxy) is 1. The van der Waals surface area contributed by atoms with Gasteiger partial charge in [0.1, 0.15) is 5.75 Å². The van der Waals surface area contributed by atoms with Crippen LogP contribution in [0.3, 0.4) is 0 Å². The van der Waals surface area contributed by atoms with Gasteiger partial charge >= 0.3 is 0 Å². The average Bonchev–Trinajstić information content (AvgIpc) is 2.42. The molecule has 1 aromatic carbocycles. The topological polar surface area (TPSA) is 64.3 Å². The fraction of sp³-hybridized carbons (Fsp3) is 0.500. The van der Waals surface area contributed by atoms with Gasteiger partial charge in [0.15, 0.2) is 0 Å². The van der Waals surface area contributed by atoms with Gasteiger partial charge in [0.2, 0.25) is 5.91 Å². The molecule has 5 heteroatoms. The van der Waals surface area contributed by atoms with Crippen LogP contribution >= 0.6 is 12.2 Å². The summed E-state index contributed by atoms with van der Waals surface area (Å²) in [6.07, 6.45) is 1.28. The molecule has 0 aliphatic carbocycles. The zero-order chi connectivity index (χ0) is 16.0. The predicted octanol–water partition coefficient (Wildman–Crippen LogP) is 3.50. The third-order valence-corrected chi connectivity index (χ3v) is 3.99. The molecule has 0 unspecified atom stereocenters. The van der Waals surface area contributed by atoms with Crippen LogP contribution in [0.1, 0.15) is 40.5 Å². The van der Waals surface area contributed by atoms with Crippen LogP contribution in [-0.4, -0.2) is 17.0 Å². The van der Waals surface area contributed by atoms with Crippen LogP contribution in [0.25, 0.3) is 0 Å². The van der Waals surface area contributed by atoms with Gasteiger partial charge in [-0.1, -0.05) is 26.1 Å². The molecular weight excluding hydrogens is 284 g/mol. The van der Waals surface area contributed by atoms with Gasteiger partial charge in [-0.05, 0) is 51.0 Å². The molecule has 0 atom stereocenters. The summed E-state index contributed by atoms with van der Waals surface area (Å²) in [4.78, 5) is 12.7. The van der Waals surface area contributed by atoms with Crippen molar-refractivity contribution in [3.8, 4) is 5.75 Å². The first-order chi connectivity index (χ1) is 9.85. The van der Waals surface area contributed by atoms with Crippen molar-refractivity contribution in [2.75, 3.05) is 5.32 Å². The molecule has 21 heavy (non-hydrogen) atoms. The van der Waals surface area contributed by atoms with E-state index in [9.17, 15) is 4.79 Å². The Morgan fingerprint density at radius 3 is 2.19 bits per heavy atom. The summed E-state index contributed by atoms with van der Waals surface area (Å²) in [6.45, 7) is 7.77. The molecule has 0 bridgehead atoms. The molecule has 4 nitrogen and oxygen atoms in total. The van der Waals surface area contributed by atoms with E-state index < -0.39 is 5.41 Å². The fourth-order valence-electron chi connectivity index (χ4n) is 2.17. The van der Waals surface area contributed by atoms with Crippen molar-refractivity contribution in [3.63, 3.8) is 0 Å². The van der Waals surface area contributed by atoms with Crippen LogP contribution in [0.2, 0.25) is 0 Å². The van der Waals surface area contributed by atoms with E-state index in [0.29, 0.717) is 18.5 Å². The van der Waals surface area contributed by atoms with Gasteiger partial charge in [-0.15, -0.1) is 0 Å². The fourth-order valence-corrected chi connectivity index (χ4v) is 2.55. The molecule has 0 radical (unpaired) electrons. The second-order valence-corrected chi connectivity index (χ2v) is 5.74. The molecule has 0 saturated carbocycles. The minimum atomic E-state index is -0.789. The number of anilines is 1. The Hall–Kier alpha value is -1.62. The Morgan fingerprint density at radius 2 is 1.81 bits per heavy atom. The number of hydrogen-bond acceptors (Lipinski definition) is 3. The van der Waals surface area contributed by atoms with Gasteiger partial charge in [-0.3, -0.25) is 4.79 Å². The maximum atomic E-state index is 12.5. The van der Waals surface area contributed by atoms with Gasteiger partial charge in [-0.25, -0.2) is 0 Å². The van der Waals surface area contributed by atoms with Crippen molar-refractivity contribution >= 4 is 28.8 Å². The van der Waals surface area contributed by atoms with E-state index in [0.717, 1.165) is 5.75 Å². The molecule has 116 valence electrons. The average molecular weight is 308 g/mol. The second kappa shape index (κ2) is 7.41. The molecule has 0 spiro atoms. The lowest BCUT2D eigenvalue weighted by Gasteiger charge is -2.28. The molecule has 0 saturated heterocycles. The number of hydrogen-bond donors (Lipinski definition) is 2. The van der Waals surface area contributed by atoms with E-state index in [1.807, 2.05) is 52.0 Å². The molecule has 3 N–H and O–H groups in total. The second-order valence-electron chi connectivity index (χ2n) is 5.30. The van der Waals surface area contributed by atoms with E-state index in [1.54, 1.807) is 0 Å². The van der Waals surface area contributed by atoms with Gasteiger partial charge < -0.3 is 15.8 Å². The zero-order valence-corrected chi connectivity index (χ0v) is 13.9. The van der Waals surface area contributed by atoms with Crippen LogP contribution < -0.4 is 15.8 Å². The van der Waals surface area contributed by atoms with Crippen molar-refractivity contribution in [3.05, 3.63) is 24.3 Å². The normalized spacial score (nSPS) is 11.3. The quantitative estimate of drug-likeness (QED) is 0.757. The number of amides is 1. The third kappa shape index (κ3) is 4.17. The van der Waals surface area contributed by atoms with Crippen molar-refractivity contribution in [2.24, 2.45) is 11.1 Å². The van der Waals surface area contributed by atoms with E-state index in [1.165, 1.54) is 0 Å². The minimum Gasteiger partial charge on any atom is -0.491 e. The largest absolute Gasteiger partial charge is 0.491 e. The van der Waals surface area contributed by atoms with Crippen molar-refractivity contribution in [2.45, 2.75) is 46.6 Å². The maximum absolute atomic E-state index is 12.5. The first-order valence-corrected chi connectivity index (χ1v) is 7.64. The SMILES string of the molecule is CCC(CC)(C(=O)Nc1ccc(OC(C)C)cc1)C(N)=S. The Morgan fingerprint density at radius 1 is 1.29 bits per heavy atom. The smallest absolute Gasteiger partial charge is 0.237 e. The molecule has 0 aliphatic rings. The highest BCUT2D eigenvalue weighted by Crippen LogP contribution is 2.29. The van der Waals surface area contributed by atoms with Crippen LogP contribution in [0.5, 0.6) is 5.75 Å². The summed E-state index contributed by atoms with van der Waals surface area (Å²) in [5.41, 5.74) is 5.69. The molecule has 1 rings (SSSR count). The van der Waals surface area contributed by atoms with Gasteiger partial charge in [0.25, 0.3) is 0 Å². The lowest BCUT2D eigenvalue weighted by molar-refractivity contribution is -0.122. The molecule has 1 amide bonds. The standard InChI is InChI=1S/C16H24N2O2S/c1-5-16(6-2,14(17)21)15(19)18-12-7-9-13(10-8-12)20-11(3)4/h7-11H,5-6H2,1-4H3,(H2,17,21)(H,18,19). The number of rotatable bonds is 7. The number of carbonyl (C=O) groups excluding carboxylic acids is 1. The first kappa shape index (κ1) is 17.4. The summed E-state index contributed by atoms with van der Waals surface area (Å²) in [7, 11) is 0. The summed E-state index contributed by atoms with van der Waals surface area (Å²) in [6, 6.07) is 7.28. The van der Waals surface area contributed by atoms with Gasteiger partial charge in [0.05, 0.1) is 16.5 Å². The highest BCUT2D eigenvalue weighted by molar-refractivity contribution is 7.80.